The molecule has 0 bridgehead atoms. The molecule has 29 heavy (non-hydrogen) atoms. The number of rotatable bonds is 17. The largest absolute Gasteiger partial charge is 0.349 e. The Morgan fingerprint density at radius 3 is 2.10 bits per heavy atom. The zero-order chi connectivity index (χ0) is 21.0. The molecule has 1 N–H and O–H groups in total. The summed E-state index contributed by atoms with van der Waals surface area (Å²) in [6.07, 6.45) is 24.1. The minimum absolute atomic E-state index is 0.140. The summed E-state index contributed by atoms with van der Waals surface area (Å²) in [6.45, 7) is 4.37. The standard InChI is InChI=1S/C27H43NO/c1-3-5-6-7-8-9-10-11-12-13-14-15-16-17-21-24-27(29)28-26(4-2)25-22-19-18-20-23-25/h8-9,11-12,18-20,22-23,26H,3-7,10,13-17,21,24H2,1-2H3,(H,28,29)/b9-8-,12-11-. The SMILES string of the molecule is CCCCC/C=C\C/C=C\CCCCCCCC(=O)NC(CC)c1ccccc1. The third-order valence-electron chi connectivity index (χ3n) is 5.30. The van der Waals surface area contributed by atoms with Crippen molar-refractivity contribution in [3.63, 3.8) is 0 Å². The van der Waals surface area contributed by atoms with Crippen LogP contribution < -0.4 is 5.32 Å². The topological polar surface area (TPSA) is 29.1 Å². The lowest BCUT2D eigenvalue weighted by atomic mass is 10.0. The van der Waals surface area contributed by atoms with E-state index < -0.39 is 0 Å². The Morgan fingerprint density at radius 2 is 1.45 bits per heavy atom. The van der Waals surface area contributed by atoms with Crippen LogP contribution in [0.5, 0.6) is 0 Å². The van der Waals surface area contributed by atoms with Crippen molar-refractivity contribution in [2.75, 3.05) is 0 Å². The lowest BCUT2D eigenvalue weighted by Crippen LogP contribution is -2.27. The number of hydrogen-bond donors (Lipinski definition) is 1. The number of carbonyl (C=O) groups excluding carboxylic acids is 1. The van der Waals surface area contributed by atoms with E-state index in [1.165, 1.54) is 56.9 Å². The van der Waals surface area contributed by atoms with Crippen molar-refractivity contribution >= 4 is 5.91 Å². The second-order valence-electron chi connectivity index (χ2n) is 7.92. The van der Waals surface area contributed by atoms with Gasteiger partial charge in [-0.15, -0.1) is 0 Å². The molecular weight excluding hydrogens is 354 g/mol. The van der Waals surface area contributed by atoms with Gasteiger partial charge in [0.15, 0.2) is 0 Å². The molecule has 0 saturated heterocycles. The van der Waals surface area contributed by atoms with E-state index in [2.05, 4.69) is 55.6 Å². The molecule has 1 unspecified atom stereocenters. The number of amides is 1. The summed E-state index contributed by atoms with van der Waals surface area (Å²) >= 11 is 0. The van der Waals surface area contributed by atoms with Crippen LogP contribution >= 0.6 is 0 Å². The second-order valence-corrected chi connectivity index (χ2v) is 7.92. The average Bonchev–Trinajstić information content (AvgIpc) is 2.75. The predicted octanol–water partition coefficient (Wildman–Crippen LogP) is 8.07. The van der Waals surface area contributed by atoms with Gasteiger partial charge in [-0.3, -0.25) is 4.79 Å². The maximum atomic E-state index is 12.2. The van der Waals surface area contributed by atoms with Crippen LogP contribution in [0, 0.1) is 0 Å². The van der Waals surface area contributed by atoms with Crippen molar-refractivity contribution in [1.29, 1.82) is 0 Å². The van der Waals surface area contributed by atoms with Crippen LogP contribution in [0.1, 0.15) is 109 Å². The minimum Gasteiger partial charge on any atom is -0.349 e. The summed E-state index contributed by atoms with van der Waals surface area (Å²) in [5.41, 5.74) is 1.20. The van der Waals surface area contributed by atoms with Crippen molar-refractivity contribution in [3.8, 4) is 0 Å². The molecule has 1 aromatic rings. The zero-order valence-corrected chi connectivity index (χ0v) is 18.9. The van der Waals surface area contributed by atoms with E-state index in [1.54, 1.807) is 0 Å². The molecular formula is C27H43NO. The molecule has 1 rings (SSSR count). The third-order valence-corrected chi connectivity index (χ3v) is 5.30. The Kier molecular flexibility index (Phi) is 15.8. The first-order valence-electron chi connectivity index (χ1n) is 11.9. The van der Waals surface area contributed by atoms with Crippen LogP contribution in [-0.2, 0) is 4.79 Å². The van der Waals surface area contributed by atoms with Crippen molar-refractivity contribution in [2.24, 2.45) is 0 Å². The van der Waals surface area contributed by atoms with E-state index >= 15 is 0 Å². The van der Waals surface area contributed by atoms with Crippen molar-refractivity contribution in [3.05, 3.63) is 60.2 Å². The highest BCUT2D eigenvalue weighted by atomic mass is 16.1. The van der Waals surface area contributed by atoms with Gasteiger partial charge in [-0.25, -0.2) is 0 Å². The molecule has 1 atom stereocenters. The van der Waals surface area contributed by atoms with E-state index in [0.29, 0.717) is 6.42 Å². The van der Waals surface area contributed by atoms with Gasteiger partial charge in [-0.1, -0.05) is 101 Å². The summed E-state index contributed by atoms with van der Waals surface area (Å²) < 4.78 is 0. The predicted molar refractivity (Wildman–Crippen MR) is 127 cm³/mol. The van der Waals surface area contributed by atoms with Crippen LogP contribution in [0.4, 0.5) is 0 Å². The summed E-state index contributed by atoms with van der Waals surface area (Å²) in [6, 6.07) is 10.4. The molecule has 0 aliphatic heterocycles. The fourth-order valence-corrected chi connectivity index (χ4v) is 3.47. The Hall–Kier alpha value is -1.83. The number of nitrogens with one attached hydrogen (secondary N) is 1. The fraction of sp³-hybridized carbons (Fsp3) is 0.593. The number of unbranched alkanes of at least 4 members (excludes halogenated alkanes) is 8. The van der Waals surface area contributed by atoms with Crippen molar-refractivity contribution in [2.45, 2.75) is 103 Å². The van der Waals surface area contributed by atoms with Crippen LogP contribution in [0.25, 0.3) is 0 Å². The first kappa shape index (κ1) is 25.2. The quantitative estimate of drug-likeness (QED) is 0.209. The highest BCUT2D eigenvalue weighted by molar-refractivity contribution is 5.76. The van der Waals surface area contributed by atoms with E-state index in [-0.39, 0.29) is 11.9 Å². The smallest absolute Gasteiger partial charge is 0.220 e. The Morgan fingerprint density at radius 1 is 0.828 bits per heavy atom. The molecule has 0 heterocycles. The lowest BCUT2D eigenvalue weighted by molar-refractivity contribution is -0.122. The molecule has 0 aromatic heterocycles. The molecule has 0 spiro atoms. The Bertz CT molecular complexity index is 561. The van der Waals surface area contributed by atoms with Crippen molar-refractivity contribution in [1.82, 2.24) is 5.32 Å². The zero-order valence-electron chi connectivity index (χ0n) is 18.9. The van der Waals surface area contributed by atoms with E-state index in [4.69, 9.17) is 0 Å². The van der Waals surface area contributed by atoms with Crippen LogP contribution in [0.15, 0.2) is 54.6 Å². The number of hydrogen-bond acceptors (Lipinski definition) is 1. The molecule has 0 aliphatic carbocycles. The summed E-state index contributed by atoms with van der Waals surface area (Å²) in [4.78, 5) is 12.2. The number of carbonyl (C=O) groups is 1. The van der Waals surface area contributed by atoms with E-state index in [1.807, 2.05) is 18.2 Å². The number of allylic oxidation sites excluding steroid dienone is 4. The van der Waals surface area contributed by atoms with Crippen LogP contribution in [0.3, 0.4) is 0 Å². The Labute approximate surface area is 179 Å². The molecule has 2 heteroatoms. The second kappa shape index (κ2) is 18.2. The first-order valence-corrected chi connectivity index (χ1v) is 11.9. The van der Waals surface area contributed by atoms with Gasteiger partial charge in [0.05, 0.1) is 6.04 Å². The van der Waals surface area contributed by atoms with Gasteiger partial charge in [0.2, 0.25) is 5.91 Å². The van der Waals surface area contributed by atoms with Gasteiger partial charge >= 0.3 is 0 Å². The highest BCUT2D eigenvalue weighted by Crippen LogP contribution is 2.16. The summed E-state index contributed by atoms with van der Waals surface area (Å²) in [5.74, 6) is 0.186. The van der Waals surface area contributed by atoms with Gasteiger partial charge in [-0.2, -0.15) is 0 Å². The maximum absolute atomic E-state index is 12.2. The molecule has 2 nitrogen and oxygen atoms in total. The third kappa shape index (κ3) is 13.9. The van der Waals surface area contributed by atoms with Gasteiger partial charge < -0.3 is 5.32 Å². The van der Waals surface area contributed by atoms with Gasteiger partial charge in [0, 0.05) is 6.42 Å². The number of benzene rings is 1. The van der Waals surface area contributed by atoms with Gasteiger partial charge in [0.25, 0.3) is 0 Å². The molecule has 0 radical (unpaired) electrons. The molecule has 162 valence electrons. The monoisotopic (exact) mass is 397 g/mol. The van der Waals surface area contributed by atoms with Gasteiger partial charge in [0.1, 0.15) is 0 Å². The summed E-state index contributed by atoms with van der Waals surface area (Å²) in [7, 11) is 0. The Balaban J connectivity index is 1.97. The van der Waals surface area contributed by atoms with E-state index in [0.717, 1.165) is 25.7 Å². The normalized spacial score (nSPS) is 12.6. The molecule has 0 fully saturated rings. The lowest BCUT2D eigenvalue weighted by Gasteiger charge is -2.17. The fourth-order valence-electron chi connectivity index (χ4n) is 3.47. The van der Waals surface area contributed by atoms with Crippen LogP contribution in [-0.4, -0.2) is 5.91 Å². The molecule has 0 aliphatic rings. The van der Waals surface area contributed by atoms with Crippen LogP contribution in [0.2, 0.25) is 0 Å². The maximum Gasteiger partial charge on any atom is 0.220 e. The first-order chi connectivity index (χ1) is 14.3. The van der Waals surface area contributed by atoms with Gasteiger partial charge in [-0.05, 0) is 50.5 Å². The molecule has 1 amide bonds. The highest BCUT2D eigenvalue weighted by Gasteiger charge is 2.11. The van der Waals surface area contributed by atoms with Crippen molar-refractivity contribution < 1.29 is 4.79 Å². The average molecular weight is 398 g/mol. The summed E-state index contributed by atoms with van der Waals surface area (Å²) in [5, 5.41) is 3.18. The van der Waals surface area contributed by atoms with E-state index in [9.17, 15) is 4.79 Å². The molecule has 0 saturated carbocycles. The molecule has 1 aromatic carbocycles. The minimum atomic E-state index is 0.140.